The molecule has 0 aromatic carbocycles. The number of nitrogens with one attached hydrogen (secondary N) is 1. The molecule has 3 rings (SSSR count). The molecule has 0 aliphatic carbocycles. The third-order valence-corrected chi connectivity index (χ3v) is 4.80. The molecule has 2 aromatic heterocycles. The number of morpholine rings is 1. The summed E-state index contributed by atoms with van der Waals surface area (Å²) in [7, 11) is 1.88. The lowest BCUT2D eigenvalue weighted by Crippen LogP contribution is -2.51. The highest BCUT2D eigenvalue weighted by atomic mass is 16.5. The summed E-state index contributed by atoms with van der Waals surface area (Å²) in [6, 6.07) is 1.66. The number of aromatic nitrogens is 4. The Bertz CT molecular complexity index is 724. The van der Waals surface area contributed by atoms with E-state index in [0.717, 1.165) is 23.6 Å². The van der Waals surface area contributed by atoms with Crippen LogP contribution in [0.4, 0.5) is 5.69 Å². The molecule has 2 atom stereocenters. The van der Waals surface area contributed by atoms with Gasteiger partial charge in [-0.3, -0.25) is 19.1 Å². The molecule has 1 saturated heterocycles. The molecule has 136 valence electrons. The number of amides is 1. The minimum Gasteiger partial charge on any atom is -0.374 e. The molecule has 25 heavy (non-hydrogen) atoms. The molecule has 0 saturated carbocycles. The summed E-state index contributed by atoms with van der Waals surface area (Å²) in [6.45, 7) is 8.56. The van der Waals surface area contributed by atoms with E-state index < -0.39 is 0 Å². The second kappa shape index (κ2) is 7.37. The largest absolute Gasteiger partial charge is 0.374 e. The maximum Gasteiger partial charge on any atom is 0.241 e. The Hall–Kier alpha value is -2.19. The number of aryl methyl sites for hydroxylation is 2. The molecule has 0 radical (unpaired) electrons. The van der Waals surface area contributed by atoms with Crippen LogP contribution in [0.15, 0.2) is 18.5 Å². The van der Waals surface area contributed by atoms with Crippen molar-refractivity contribution in [3.05, 3.63) is 29.8 Å². The van der Waals surface area contributed by atoms with Gasteiger partial charge < -0.3 is 10.1 Å². The number of ether oxygens (including phenoxy) is 1. The normalized spacial score (nSPS) is 19.8. The first-order valence-corrected chi connectivity index (χ1v) is 8.60. The molecule has 1 aliphatic rings. The fourth-order valence-corrected chi connectivity index (χ4v) is 3.17. The Morgan fingerprint density at radius 1 is 1.48 bits per heavy atom. The Labute approximate surface area is 147 Å². The Morgan fingerprint density at radius 2 is 2.28 bits per heavy atom. The van der Waals surface area contributed by atoms with Crippen LogP contribution in [0.5, 0.6) is 0 Å². The maximum absolute atomic E-state index is 12.7. The van der Waals surface area contributed by atoms with Crippen molar-refractivity contribution in [3.8, 4) is 0 Å². The summed E-state index contributed by atoms with van der Waals surface area (Å²) in [5.74, 6) is -0.0149. The number of hydrogen-bond acceptors (Lipinski definition) is 5. The number of hydrogen-bond donors (Lipinski definition) is 1. The van der Waals surface area contributed by atoms with Gasteiger partial charge in [0.05, 0.1) is 42.4 Å². The van der Waals surface area contributed by atoms with Gasteiger partial charge in [-0.15, -0.1) is 0 Å². The summed E-state index contributed by atoms with van der Waals surface area (Å²) in [6.07, 6.45) is 3.72. The maximum atomic E-state index is 12.7. The quantitative estimate of drug-likeness (QED) is 0.873. The molecule has 2 aromatic rings. The van der Waals surface area contributed by atoms with Gasteiger partial charge in [0.2, 0.25) is 5.91 Å². The average Bonchev–Trinajstić information content (AvgIpc) is 3.18. The average molecular weight is 346 g/mol. The highest BCUT2D eigenvalue weighted by molar-refractivity contribution is 5.95. The Kier molecular flexibility index (Phi) is 5.19. The van der Waals surface area contributed by atoms with Crippen LogP contribution in [0.2, 0.25) is 0 Å². The molecule has 1 aliphatic heterocycles. The lowest BCUT2D eigenvalue weighted by molar-refractivity contribution is -0.124. The van der Waals surface area contributed by atoms with E-state index in [1.165, 1.54) is 0 Å². The van der Waals surface area contributed by atoms with Crippen molar-refractivity contribution in [2.45, 2.75) is 39.5 Å². The summed E-state index contributed by atoms with van der Waals surface area (Å²) in [5.41, 5.74) is 2.59. The predicted octanol–water partition coefficient (Wildman–Crippen LogP) is 0.961. The van der Waals surface area contributed by atoms with E-state index in [-0.39, 0.29) is 18.1 Å². The van der Waals surface area contributed by atoms with E-state index in [4.69, 9.17) is 4.74 Å². The highest BCUT2D eigenvalue weighted by Gasteiger charge is 2.29. The van der Waals surface area contributed by atoms with E-state index in [9.17, 15) is 4.79 Å². The highest BCUT2D eigenvalue weighted by Crippen LogP contribution is 2.19. The Morgan fingerprint density at radius 3 is 2.92 bits per heavy atom. The van der Waals surface area contributed by atoms with Gasteiger partial charge in [0.25, 0.3) is 0 Å². The monoisotopic (exact) mass is 346 g/mol. The summed E-state index contributed by atoms with van der Waals surface area (Å²) >= 11 is 0. The number of nitrogens with zero attached hydrogens (tertiary/aromatic N) is 5. The van der Waals surface area contributed by atoms with Crippen molar-refractivity contribution >= 4 is 11.6 Å². The van der Waals surface area contributed by atoms with Gasteiger partial charge in [-0.1, -0.05) is 0 Å². The van der Waals surface area contributed by atoms with Gasteiger partial charge in [0, 0.05) is 32.5 Å². The fraction of sp³-hybridized carbons (Fsp3) is 0.588. The molecule has 2 unspecified atom stereocenters. The summed E-state index contributed by atoms with van der Waals surface area (Å²) in [4.78, 5) is 14.9. The van der Waals surface area contributed by atoms with Gasteiger partial charge in [-0.2, -0.15) is 10.2 Å². The first-order valence-electron chi connectivity index (χ1n) is 8.60. The second-order valence-corrected chi connectivity index (χ2v) is 6.55. The molecule has 1 amide bonds. The van der Waals surface area contributed by atoms with Crippen LogP contribution >= 0.6 is 0 Å². The molecule has 1 fully saturated rings. The van der Waals surface area contributed by atoms with E-state index in [0.29, 0.717) is 19.7 Å². The van der Waals surface area contributed by atoms with Crippen molar-refractivity contribution in [1.29, 1.82) is 0 Å². The van der Waals surface area contributed by atoms with Gasteiger partial charge in [0.1, 0.15) is 0 Å². The minimum atomic E-state index is -0.233. The lowest BCUT2D eigenvalue weighted by atomic mass is 10.2. The van der Waals surface area contributed by atoms with E-state index >= 15 is 0 Å². The molecule has 3 heterocycles. The first kappa shape index (κ1) is 17.6. The van der Waals surface area contributed by atoms with Crippen LogP contribution in [0.3, 0.4) is 0 Å². The summed E-state index contributed by atoms with van der Waals surface area (Å²) < 4.78 is 9.47. The van der Waals surface area contributed by atoms with Crippen LogP contribution in [0.25, 0.3) is 0 Å². The van der Waals surface area contributed by atoms with Crippen LogP contribution in [0, 0.1) is 13.8 Å². The molecule has 8 heteroatoms. The van der Waals surface area contributed by atoms with Gasteiger partial charge >= 0.3 is 0 Å². The second-order valence-electron chi connectivity index (χ2n) is 6.55. The molecule has 0 spiro atoms. The van der Waals surface area contributed by atoms with Gasteiger partial charge in [-0.05, 0) is 26.8 Å². The van der Waals surface area contributed by atoms with E-state index in [2.05, 4.69) is 20.4 Å². The zero-order valence-corrected chi connectivity index (χ0v) is 15.3. The van der Waals surface area contributed by atoms with E-state index in [1.54, 1.807) is 10.9 Å². The van der Waals surface area contributed by atoms with Crippen molar-refractivity contribution < 1.29 is 9.53 Å². The van der Waals surface area contributed by atoms with Crippen LogP contribution in [-0.2, 0) is 23.1 Å². The number of rotatable bonds is 5. The SMILES string of the molecule is Cc1nn(C)c(C)c1NC(=O)C(C)N1CCOC(Cn2cccn2)C1. The Balaban J connectivity index is 1.61. The number of carbonyl (C=O) groups excluding carboxylic acids is 1. The van der Waals surface area contributed by atoms with Gasteiger partial charge in [-0.25, -0.2) is 0 Å². The third kappa shape index (κ3) is 3.91. The van der Waals surface area contributed by atoms with Crippen molar-refractivity contribution in [3.63, 3.8) is 0 Å². The number of anilines is 1. The predicted molar refractivity (Wildman–Crippen MR) is 94.3 cm³/mol. The molecule has 8 nitrogen and oxygen atoms in total. The van der Waals surface area contributed by atoms with E-state index in [1.807, 2.05) is 44.8 Å². The first-order chi connectivity index (χ1) is 12.0. The summed E-state index contributed by atoms with van der Waals surface area (Å²) in [5, 5.41) is 11.6. The van der Waals surface area contributed by atoms with Crippen molar-refractivity contribution in [1.82, 2.24) is 24.5 Å². The van der Waals surface area contributed by atoms with Crippen LogP contribution < -0.4 is 5.32 Å². The molecule has 0 bridgehead atoms. The third-order valence-electron chi connectivity index (χ3n) is 4.80. The zero-order chi connectivity index (χ0) is 18.0. The minimum absolute atomic E-state index is 0.0149. The molecular formula is C17H26N6O2. The van der Waals surface area contributed by atoms with Crippen molar-refractivity contribution in [2.24, 2.45) is 7.05 Å². The fourth-order valence-electron chi connectivity index (χ4n) is 3.17. The topological polar surface area (TPSA) is 77.2 Å². The standard InChI is InChI=1S/C17H26N6O2/c1-12-16(13(2)21(4)20-12)19-17(24)14(3)22-8-9-25-15(10-22)11-23-7-5-6-18-23/h5-7,14-15H,8-11H2,1-4H3,(H,19,24). The van der Waals surface area contributed by atoms with Crippen LogP contribution in [-0.4, -0.2) is 62.2 Å². The van der Waals surface area contributed by atoms with Gasteiger partial charge in [0.15, 0.2) is 0 Å². The lowest BCUT2D eigenvalue weighted by Gasteiger charge is -2.36. The van der Waals surface area contributed by atoms with Crippen molar-refractivity contribution in [2.75, 3.05) is 25.0 Å². The van der Waals surface area contributed by atoms with Crippen LogP contribution in [0.1, 0.15) is 18.3 Å². The molecule has 1 N–H and O–H groups in total. The zero-order valence-electron chi connectivity index (χ0n) is 15.3. The number of carbonyl (C=O) groups is 1. The smallest absolute Gasteiger partial charge is 0.241 e. The molecular weight excluding hydrogens is 320 g/mol.